The smallest absolute Gasteiger partial charge is 0.234 e. The summed E-state index contributed by atoms with van der Waals surface area (Å²) < 4.78 is 7.19. The molecule has 4 rings (SSSR count). The van der Waals surface area contributed by atoms with Gasteiger partial charge < -0.3 is 4.74 Å². The van der Waals surface area contributed by atoms with Gasteiger partial charge in [-0.2, -0.15) is 9.61 Å². The molecule has 5 nitrogen and oxygen atoms in total. The minimum Gasteiger partial charge on any atom is -0.496 e. The minimum atomic E-state index is 0.710. The first-order valence-corrected chi connectivity index (χ1v) is 8.71. The second kappa shape index (κ2) is 6.86. The molecule has 2 heterocycles. The summed E-state index contributed by atoms with van der Waals surface area (Å²) in [4.78, 5) is 0.797. The first-order valence-electron chi connectivity index (χ1n) is 7.89. The lowest BCUT2D eigenvalue weighted by molar-refractivity contribution is 0.414. The molecular formula is C19H16N4OS. The second-order valence-electron chi connectivity index (χ2n) is 5.49. The maximum absolute atomic E-state index is 5.37. The van der Waals surface area contributed by atoms with Crippen LogP contribution < -0.4 is 4.74 Å². The molecule has 0 radical (unpaired) electrons. The molecule has 0 saturated heterocycles. The maximum Gasteiger partial charge on any atom is 0.234 e. The molecule has 0 N–H and O–H groups in total. The van der Waals surface area contributed by atoms with E-state index in [1.165, 1.54) is 16.9 Å². The summed E-state index contributed by atoms with van der Waals surface area (Å²) in [5.74, 6) is 1.68. The number of ether oxygens (including phenoxy) is 1. The molecule has 0 atom stereocenters. The van der Waals surface area contributed by atoms with Gasteiger partial charge in [-0.05, 0) is 23.8 Å². The first-order chi connectivity index (χ1) is 12.3. The van der Waals surface area contributed by atoms with Crippen LogP contribution in [-0.4, -0.2) is 26.9 Å². The standard InChI is InChI=1S/C19H16N4OS/c1-24-16-10-6-5-9-15(16)11-12-18-22-23-17(20-21-19(23)25-18)13-14-7-3-2-4-8-14/h2-12H,13H2,1H3/b12-11-. The van der Waals surface area contributed by atoms with Crippen LogP contribution in [0.5, 0.6) is 5.75 Å². The lowest BCUT2D eigenvalue weighted by Gasteiger charge is -2.02. The van der Waals surface area contributed by atoms with Crippen molar-refractivity contribution in [2.45, 2.75) is 6.42 Å². The van der Waals surface area contributed by atoms with Crippen LogP contribution in [0.15, 0.2) is 54.6 Å². The van der Waals surface area contributed by atoms with E-state index in [2.05, 4.69) is 27.4 Å². The third-order valence-corrected chi connectivity index (χ3v) is 4.68. The van der Waals surface area contributed by atoms with E-state index in [1.54, 1.807) is 7.11 Å². The van der Waals surface area contributed by atoms with Crippen molar-refractivity contribution >= 4 is 28.4 Å². The Morgan fingerprint density at radius 2 is 1.80 bits per heavy atom. The normalized spacial score (nSPS) is 11.4. The molecule has 0 amide bonds. The predicted octanol–water partition coefficient (Wildman–Crippen LogP) is 3.96. The topological polar surface area (TPSA) is 52.3 Å². The van der Waals surface area contributed by atoms with Gasteiger partial charge in [0.2, 0.25) is 4.96 Å². The van der Waals surface area contributed by atoms with Gasteiger partial charge in [-0.3, -0.25) is 0 Å². The van der Waals surface area contributed by atoms with Gasteiger partial charge in [0.1, 0.15) is 10.8 Å². The molecule has 0 bridgehead atoms. The zero-order valence-electron chi connectivity index (χ0n) is 13.7. The summed E-state index contributed by atoms with van der Waals surface area (Å²) >= 11 is 1.51. The van der Waals surface area contributed by atoms with Crippen molar-refractivity contribution in [3.05, 3.63) is 76.6 Å². The van der Waals surface area contributed by atoms with E-state index < -0.39 is 0 Å². The molecule has 25 heavy (non-hydrogen) atoms. The molecule has 0 spiro atoms. The largest absolute Gasteiger partial charge is 0.496 e. The Balaban J connectivity index is 1.61. The van der Waals surface area contributed by atoms with Crippen molar-refractivity contribution in [1.82, 2.24) is 19.8 Å². The van der Waals surface area contributed by atoms with Crippen molar-refractivity contribution in [2.75, 3.05) is 7.11 Å². The van der Waals surface area contributed by atoms with Crippen LogP contribution in [-0.2, 0) is 6.42 Å². The van der Waals surface area contributed by atoms with E-state index in [-0.39, 0.29) is 0 Å². The molecule has 2 aromatic carbocycles. The highest BCUT2D eigenvalue weighted by molar-refractivity contribution is 7.17. The van der Waals surface area contributed by atoms with E-state index in [1.807, 2.05) is 59.1 Å². The third kappa shape index (κ3) is 3.29. The maximum atomic E-state index is 5.37. The van der Waals surface area contributed by atoms with Gasteiger partial charge in [-0.1, -0.05) is 59.9 Å². The molecule has 124 valence electrons. The quantitative estimate of drug-likeness (QED) is 0.548. The molecule has 0 aliphatic rings. The van der Waals surface area contributed by atoms with E-state index >= 15 is 0 Å². The summed E-state index contributed by atoms with van der Waals surface area (Å²) in [6.45, 7) is 0. The van der Waals surface area contributed by atoms with Crippen molar-refractivity contribution in [3.63, 3.8) is 0 Å². The highest BCUT2D eigenvalue weighted by Crippen LogP contribution is 2.22. The number of fused-ring (bicyclic) bond motifs is 1. The fourth-order valence-corrected chi connectivity index (χ4v) is 3.35. The van der Waals surface area contributed by atoms with Gasteiger partial charge in [0, 0.05) is 12.0 Å². The van der Waals surface area contributed by atoms with Crippen LogP contribution in [0.25, 0.3) is 17.1 Å². The lowest BCUT2D eigenvalue weighted by Crippen LogP contribution is -1.97. The van der Waals surface area contributed by atoms with Crippen molar-refractivity contribution in [1.29, 1.82) is 0 Å². The molecule has 0 unspecified atom stereocenters. The Labute approximate surface area is 149 Å². The molecule has 2 aromatic heterocycles. The third-order valence-electron chi connectivity index (χ3n) is 3.82. The highest BCUT2D eigenvalue weighted by Gasteiger charge is 2.11. The van der Waals surface area contributed by atoms with Crippen LogP contribution in [0.2, 0.25) is 0 Å². The van der Waals surface area contributed by atoms with Crippen molar-refractivity contribution < 1.29 is 4.74 Å². The number of rotatable bonds is 5. The summed E-state index contributed by atoms with van der Waals surface area (Å²) in [6, 6.07) is 18.1. The summed E-state index contributed by atoms with van der Waals surface area (Å²) in [5.41, 5.74) is 2.20. The number of para-hydroxylation sites is 1. The number of benzene rings is 2. The number of nitrogens with zero attached hydrogens (tertiary/aromatic N) is 4. The Morgan fingerprint density at radius 1 is 1.00 bits per heavy atom. The average Bonchev–Trinajstić information content (AvgIpc) is 3.22. The van der Waals surface area contributed by atoms with Gasteiger partial charge in [-0.25, -0.2) is 0 Å². The van der Waals surface area contributed by atoms with Crippen LogP contribution in [0, 0.1) is 0 Å². The Kier molecular flexibility index (Phi) is 4.26. The van der Waals surface area contributed by atoms with E-state index in [0.29, 0.717) is 6.42 Å². The average molecular weight is 348 g/mol. The first kappa shape index (κ1) is 15.5. The second-order valence-corrected chi connectivity index (χ2v) is 6.48. The number of aromatic nitrogens is 4. The zero-order valence-corrected chi connectivity index (χ0v) is 14.5. The summed E-state index contributed by atoms with van der Waals surface area (Å²) in [6.07, 6.45) is 4.69. The fraction of sp³-hybridized carbons (Fsp3) is 0.105. The van der Waals surface area contributed by atoms with Gasteiger partial charge >= 0.3 is 0 Å². The predicted molar refractivity (Wildman–Crippen MR) is 99.8 cm³/mol. The van der Waals surface area contributed by atoms with Gasteiger partial charge in [0.15, 0.2) is 5.82 Å². The lowest BCUT2D eigenvalue weighted by atomic mass is 10.1. The molecule has 6 heteroatoms. The van der Waals surface area contributed by atoms with Crippen LogP contribution in [0.4, 0.5) is 0 Å². The zero-order chi connectivity index (χ0) is 17.1. The Bertz CT molecular complexity index is 1020. The molecule has 0 fully saturated rings. The van der Waals surface area contributed by atoms with Crippen molar-refractivity contribution in [3.8, 4) is 5.75 Å². The Morgan fingerprint density at radius 3 is 2.64 bits per heavy atom. The number of hydrogen-bond donors (Lipinski definition) is 0. The van der Waals surface area contributed by atoms with Crippen molar-refractivity contribution in [2.24, 2.45) is 0 Å². The Hall–Kier alpha value is -2.99. The summed E-state index contributed by atoms with van der Waals surface area (Å²) in [7, 11) is 1.67. The number of methoxy groups -OCH3 is 1. The van der Waals surface area contributed by atoms with Crippen LogP contribution >= 0.6 is 11.3 Å². The molecule has 0 aliphatic heterocycles. The highest BCUT2D eigenvalue weighted by atomic mass is 32.1. The summed E-state index contributed by atoms with van der Waals surface area (Å²) in [5, 5.41) is 14.0. The van der Waals surface area contributed by atoms with Gasteiger partial charge in [0.05, 0.1) is 7.11 Å². The molecular weight excluding hydrogens is 332 g/mol. The van der Waals surface area contributed by atoms with E-state index in [0.717, 1.165) is 27.1 Å². The van der Waals surface area contributed by atoms with Crippen LogP contribution in [0.3, 0.4) is 0 Å². The molecule has 4 aromatic rings. The molecule has 0 aliphatic carbocycles. The van der Waals surface area contributed by atoms with Crippen LogP contribution in [0.1, 0.15) is 22.0 Å². The minimum absolute atomic E-state index is 0.710. The van der Waals surface area contributed by atoms with Gasteiger partial charge in [-0.15, -0.1) is 10.2 Å². The fourth-order valence-electron chi connectivity index (χ4n) is 2.59. The van der Waals surface area contributed by atoms with E-state index in [9.17, 15) is 0 Å². The SMILES string of the molecule is COc1ccccc1/C=C\c1nn2c(Cc3ccccc3)nnc2s1. The molecule has 0 saturated carbocycles. The van der Waals surface area contributed by atoms with Gasteiger partial charge in [0.25, 0.3) is 0 Å². The number of hydrogen-bond acceptors (Lipinski definition) is 5. The monoisotopic (exact) mass is 348 g/mol. The van der Waals surface area contributed by atoms with E-state index in [4.69, 9.17) is 4.74 Å².